The number of methoxy groups -OCH3 is 2. The van der Waals surface area contributed by atoms with Crippen LogP contribution >= 0.6 is 0 Å². The fraction of sp³-hybridized carbons (Fsp3) is 0.500. The van der Waals surface area contributed by atoms with Gasteiger partial charge in [0.2, 0.25) is 0 Å². The van der Waals surface area contributed by atoms with Crippen molar-refractivity contribution in [3.8, 4) is 5.75 Å². The van der Waals surface area contributed by atoms with Crippen molar-refractivity contribution in [3.63, 3.8) is 0 Å². The highest BCUT2D eigenvalue weighted by Gasteiger charge is 2.34. The Morgan fingerprint density at radius 3 is 2.41 bits per heavy atom. The van der Waals surface area contributed by atoms with Crippen LogP contribution in [0, 0.1) is 0 Å². The second-order valence-corrected chi connectivity index (χ2v) is 4.47. The lowest BCUT2D eigenvalue weighted by atomic mass is 9.83. The first-order chi connectivity index (χ1) is 7.98. The molecule has 94 valence electrons. The van der Waals surface area contributed by atoms with Crippen LogP contribution in [0.2, 0.25) is 0 Å². The molecule has 0 N–H and O–H groups in total. The monoisotopic (exact) mass is 236 g/mol. The first-order valence-electron chi connectivity index (χ1n) is 5.73. The minimum atomic E-state index is -0.703. The van der Waals surface area contributed by atoms with E-state index in [2.05, 4.69) is 6.92 Å². The number of hydrogen-bond donors (Lipinski definition) is 0. The molecule has 1 rings (SSSR count). The summed E-state index contributed by atoms with van der Waals surface area (Å²) in [4.78, 5) is 11.8. The van der Waals surface area contributed by atoms with Crippen LogP contribution in [0.4, 0.5) is 0 Å². The molecule has 0 fully saturated rings. The molecular weight excluding hydrogens is 216 g/mol. The van der Waals surface area contributed by atoms with Gasteiger partial charge in [-0.25, -0.2) is 0 Å². The molecule has 0 aliphatic carbocycles. The summed E-state index contributed by atoms with van der Waals surface area (Å²) in [6.45, 7) is 5.75. The molecule has 3 heteroatoms. The van der Waals surface area contributed by atoms with Crippen LogP contribution in [0.1, 0.15) is 31.9 Å². The van der Waals surface area contributed by atoms with Gasteiger partial charge in [-0.1, -0.05) is 25.1 Å². The molecule has 0 unspecified atom stereocenters. The Labute approximate surface area is 103 Å². The Morgan fingerprint density at radius 1 is 1.29 bits per heavy atom. The van der Waals surface area contributed by atoms with Crippen molar-refractivity contribution in [2.24, 2.45) is 0 Å². The Bertz CT molecular complexity index is 408. The van der Waals surface area contributed by atoms with Crippen molar-refractivity contribution in [1.82, 2.24) is 0 Å². The molecule has 0 amide bonds. The van der Waals surface area contributed by atoms with Crippen molar-refractivity contribution >= 4 is 5.97 Å². The molecular formula is C14H20O3. The van der Waals surface area contributed by atoms with Gasteiger partial charge in [0.15, 0.2) is 0 Å². The molecule has 0 aliphatic heterocycles. The third kappa shape index (κ3) is 2.43. The standard InChI is InChI=1S/C14H20O3/c1-6-10-8-7-9-11(12(10)16-4)14(2,3)13(15)17-5/h7-9H,6H2,1-5H3. The molecule has 3 nitrogen and oxygen atoms in total. The van der Waals surface area contributed by atoms with E-state index in [0.717, 1.165) is 23.3 Å². The average Bonchev–Trinajstić information content (AvgIpc) is 2.36. The highest BCUT2D eigenvalue weighted by Crippen LogP contribution is 2.35. The van der Waals surface area contributed by atoms with Crippen LogP contribution in [0.15, 0.2) is 18.2 Å². The van der Waals surface area contributed by atoms with Crippen LogP contribution in [-0.2, 0) is 21.4 Å². The van der Waals surface area contributed by atoms with Gasteiger partial charge in [0.05, 0.1) is 19.6 Å². The number of benzene rings is 1. The van der Waals surface area contributed by atoms with Gasteiger partial charge in [0.1, 0.15) is 5.75 Å². The Kier molecular flexibility index (Phi) is 4.16. The zero-order valence-electron chi connectivity index (χ0n) is 11.2. The molecule has 0 radical (unpaired) electrons. The third-order valence-corrected chi connectivity index (χ3v) is 3.05. The number of rotatable bonds is 4. The van der Waals surface area contributed by atoms with Gasteiger partial charge in [0.25, 0.3) is 0 Å². The normalized spacial score (nSPS) is 11.1. The summed E-state index contributed by atoms with van der Waals surface area (Å²) in [6, 6.07) is 5.87. The molecule has 0 spiro atoms. The first kappa shape index (κ1) is 13.6. The maximum absolute atomic E-state index is 11.8. The minimum absolute atomic E-state index is 0.260. The Balaban J connectivity index is 3.35. The summed E-state index contributed by atoms with van der Waals surface area (Å²) in [6.07, 6.45) is 0.869. The first-order valence-corrected chi connectivity index (χ1v) is 5.73. The second kappa shape index (κ2) is 5.21. The summed E-state index contributed by atoms with van der Waals surface area (Å²) < 4.78 is 10.3. The summed E-state index contributed by atoms with van der Waals surface area (Å²) in [5.41, 5.74) is 1.26. The zero-order chi connectivity index (χ0) is 13.1. The summed E-state index contributed by atoms with van der Waals surface area (Å²) >= 11 is 0. The quantitative estimate of drug-likeness (QED) is 0.754. The molecule has 1 aromatic carbocycles. The van der Waals surface area contributed by atoms with Gasteiger partial charge in [0, 0.05) is 5.56 Å². The molecule has 17 heavy (non-hydrogen) atoms. The zero-order valence-corrected chi connectivity index (χ0v) is 11.2. The topological polar surface area (TPSA) is 35.5 Å². The fourth-order valence-corrected chi connectivity index (χ4v) is 1.96. The largest absolute Gasteiger partial charge is 0.496 e. The SMILES string of the molecule is CCc1cccc(C(C)(C)C(=O)OC)c1OC. The number of esters is 1. The van der Waals surface area contributed by atoms with Crippen LogP contribution in [0.25, 0.3) is 0 Å². The van der Waals surface area contributed by atoms with Gasteiger partial charge in [-0.2, -0.15) is 0 Å². The maximum atomic E-state index is 11.8. The summed E-state index contributed by atoms with van der Waals surface area (Å²) in [5, 5.41) is 0. The second-order valence-electron chi connectivity index (χ2n) is 4.47. The Hall–Kier alpha value is -1.51. The summed E-state index contributed by atoms with van der Waals surface area (Å²) in [7, 11) is 3.03. The highest BCUT2D eigenvalue weighted by atomic mass is 16.5. The molecule has 1 aromatic rings. The van der Waals surface area contributed by atoms with E-state index >= 15 is 0 Å². The van der Waals surface area contributed by atoms with Crippen LogP contribution in [0.5, 0.6) is 5.75 Å². The van der Waals surface area contributed by atoms with Crippen molar-refractivity contribution < 1.29 is 14.3 Å². The molecule has 0 atom stereocenters. The lowest BCUT2D eigenvalue weighted by Crippen LogP contribution is -2.30. The van der Waals surface area contributed by atoms with Crippen molar-refractivity contribution in [3.05, 3.63) is 29.3 Å². The highest BCUT2D eigenvalue weighted by molar-refractivity contribution is 5.83. The Morgan fingerprint density at radius 2 is 1.94 bits per heavy atom. The van der Waals surface area contributed by atoms with E-state index in [0.29, 0.717) is 0 Å². The van der Waals surface area contributed by atoms with Crippen LogP contribution in [-0.4, -0.2) is 20.2 Å². The van der Waals surface area contributed by atoms with E-state index in [4.69, 9.17) is 9.47 Å². The van der Waals surface area contributed by atoms with Gasteiger partial charge in [-0.15, -0.1) is 0 Å². The van der Waals surface area contributed by atoms with Gasteiger partial charge >= 0.3 is 5.97 Å². The number of hydrogen-bond acceptors (Lipinski definition) is 3. The van der Waals surface area contributed by atoms with E-state index < -0.39 is 5.41 Å². The van der Waals surface area contributed by atoms with Crippen LogP contribution < -0.4 is 4.74 Å². The minimum Gasteiger partial charge on any atom is -0.496 e. The van der Waals surface area contributed by atoms with Crippen molar-refractivity contribution in [2.45, 2.75) is 32.6 Å². The molecule has 0 aromatic heterocycles. The maximum Gasteiger partial charge on any atom is 0.315 e. The average molecular weight is 236 g/mol. The van der Waals surface area contributed by atoms with Gasteiger partial charge in [-0.05, 0) is 25.8 Å². The number of carbonyl (C=O) groups excluding carboxylic acids is 1. The lowest BCUT2D eigenvalue weighted by molar-refractivity contribution is -0.146. The number of ether oxygens (including phenoxy) is 2. The van der Waals surface area contributed by atoms with E-state index in [9.17, 15) is 4.79 Å². The van der Waals surface area contributed by atoms with E-state index in [1.54, 1.807) is 7.11 Å². The molecule has 0 heterocycles. The molecule has 0 saturated carbocycles. The number of carbonyl (C=O) groups is 1. The third-order valence-electron chi connectivity index (χ3n) is 3.05. The number of aryl methyl sites for hydroxylation is 1. The summed E-state index contributed by atoms with van der Waals surface area (Å²) in [5.74, 6) is 0.523. The lowest BCUT2D eigenvalue weighted by Gasteiger charge is -2.25. The number of para-hydroxylation sites is 1. The van der Waals surface area contributed by atoms with Crippen molar-refractivity contribution in [1.29, 1.82) is 0 Å². The van der Waals surface area contributed by atoms with Gasteiger partial charge < -0.3 is 9.47 Å². The van der Waals surface area contributed by atoms with Crippen molar-refractivity contribution in [2.75, 3.05) is 14.2 Å². The predicted molar refractivity (Wildman–Crippen MR) is 67.4 cm³/mol. The van der Waals surface area contributed by atoms with E-state index in [1.807, 2.05) is 32.0 Å². The van der Waals surface area contributed by atoms with E-state index in [-0.39, 0.29) is 5.97 Å². The smallest absolute Gasteiger partial charge is 0.315 e. The fourth-order valence-electron chi connectivity index (χ4n) is 1.96. The molecule has 0 aliphatic rings. The van der Waals surface area contributed by atoms with Gasteiger partial charge in [-0.3, -0.25) is 4.79 Å². The molecule has 0 bridgehead atoms. The predicted octanol–water partition coefficient (Wildman–Crippen LogP) is 2.71. The molecule has 0 saturated heterocycles. The van der Waals surface area contributed by atoms with E-state index in [1.165, 1.54) is 7.11 Å². The van der Waals surface area contributed by atoms with Crippen LogP contribution in [0.3, 0.4) is 0 Å².